The number of carbonyl (C=O) groups excluding carboxylic acids is 2. The molecule has 0 radical (unpaired) electrons. The van der Waals surface area contributed by atoms with Crippen LogP contribution in [0.2, 0.25) is 0 Å². The quantitative estimate of drug-likeness (QED) is 0.635. The molecule has 4 N–H and O–H groups in total. The summed E-state index contributed by atoms with van der Waals surface area (Å²) in [6.45, 7) is 2.59. The second kappa shape index (κ2) is 5.81. The Labute approximate surface area is 117 Å². The molecule has 0 aromatic heterocycles. The van der Waals surface area contributed by atoms with Gasteiger partial charge in [-0.05, 0) is 38.0 Å². The topological polar surface area (TPSA) is 98.6 Å². The Morgan fingerprint density at radius 2 is 2.15 bits per heavy atom. The van der Waals surface area contributed by atoms with Crippen LogP contribution in [0, 0.1) is 0 Å². The van der Waals surface area contributed by atoms with E-state index in [-0.39, 0.29) is 11.9 Å². The van der Waals surface area contributed by atoms with Gasteiger partial charge < -0.3 is 21.1 Å². The molecule has 0 aliphatic carbocycles. The molecule has 1 aliphatic rings. The number of carbonyl (C=O) groups is 2. The Hall–Kier alpha value is -2.24. The number of hydrogen-bond donors (Lipinski definition) is 2. The van der Waals surface area contributed by atoms with E-state index in [4.69, 9.17) is 16.2 Å². The van der Waals surface area contributed by atoms with Gasteiger partial charge in [-0.15, -0.1) is 0 Å². The van der Waals surface area contributed by atoms with Crippen molar-refractivity contribution in [1.82, 2.24) is 4.90 Å². The Kier molecular flexibility index (Phi) is 4.12. The normalized spacial score (nSPS) is 18.1. The number of likely N-dealkylation sites (tertiary alicyclic amines) is 1. The highest BCUT2D eigenvalue weighted by Gasteiger charge is 2.36. The number of hydrogen-bond acceptors (Lipinski definition) is 5. The molecule has 1 amide bonds. The standard InChI is InChI=1S/C14H19N3O3/c1-2-20-14(19)12-4-3-7-17(12)13(18)10-6-5-9(15)8-11(10)16/h5-6,8,12H,2-4,7,15-16H2,1H3. The van der Waals surface area contributed by atoms with Gasteiger partial charge in [-0.3, -0.25) is 4.79 Å². The number of benzene rings is 1. The maximum absolute atomic E-state index is 12.5. The van der Waals surface area contributed by atoms with Crippen molar-refractivity contribution in [2.24, 2.45) is 0 Å². The van der Waals surface area contributed by atoms with Crippen LogP contribution in [0.4, 0.5) is 11.4 Å². The molecule has 6 nitrogen and oxygen atoms in total. The van der Waals surface area contributed by atoms with Crippen molar-refractivity contribution in [2.45, 2.75) is 25.8 Å². The molecule has 20 heavy (non-hydrogen) atoms. The SMILES string of the molecule is CCOC(=O)C1CCCN1C(=O)c1ccc(N)cc1N. The average Bonchev–Trinajstić information content (AvgIpc) is 2.87. The molecule has 1 heterocycles. The van der Waals surface area contributed by atoms with E-state index in [1.807, 2.05) is 0 Å². The number of amides is 1. The summed E-state index contributed by atoms with van der Waals surface area (Å²) >= 11 is 0. The van der Waals surface area contributed by atoms with Gasteiger partial charge in [0.05, 0.1) is 12.2 Å². The number of nitrogens with zero attached hydrogens (tertiary/aromatic N) is 1. The predicted molar refractivity (Wildman–Crippen MR) is 76.0 cm³/mol. The maximum Gasteiger partial charge on any atom is 0.328 e. The summed E-state index contributed by atoms with van der Waals surface area (Å²) in [5, 5.41) is 0. The molecule has 1 atom stereocenters. The molecule has 108 valence electrons. The van der Waals surface area contributed by atoms with Gasteiger partial charge in [0.25, 0.3) is 5.91 Å². The predicted octanol–water partition coefficient (Wildman–Crippen LogP) is 1.02. The van der Waals surface area contributed by atoms with Crippen LogP contribution < -0.4 is 11.5 Å². The minimum Gasteiger partial charge on any atom is -0.464 e. The van der Waals surface area contributed by atoms with E-state index in [0.717, 1.165) is 6.42 Å². The van der Waals surface area contributed by atoms with Crippen molar-refractivity contribution in [3.05, 3.63) is 23.8 Å². The monoisotopic (exact) mass is 277 g/mol. The summed E-state index contributed by atoms with van der Waals surface area (Å²) in [4.78, 5) is 25.9. The Morgan fingerprint density at radius 1 is 1.40 bits per heavy atom. The van der Waals surface area contributed by atoms with E-state index >= 15 is 0 Å². The highest BCUT2D eigenvalue weighted by molar-refractivity contribution is 6.01. The Bertz CT molecular complexity index is 530. The number of rotatable bonds is 3. The molecule has 0 bridgehead atoms. The molecular weight excluding hydrogens is 258 g/mol. The first-order chi connectivity index (χ1) is 9.54. The maximum atomic E-state index is 12.5. The van der Waals surface area contributed by atoms with Gasteiger partial charge in [-0.25, -0.2) is 4.79 Å². The zero-order valence-corrected chi connectivity index (χ0v) is 11.5. The molecular formula is C14H19N3O3. The van der Waals surface area contributed by atoms with E-state index in [0.29, 0.717) is 36.5 Å². The van der Waals surface area contributed by atoms with Gasteiger partial charge in [-0.1, -0.05) is 0 Å². The van der Waals surface area contributed by atoms with Crippen molar-refractivity contribution in [3.63, 3.8) is 0 Å². The van der Waals surface area contributed by atoms with E-state index in [1.54, 1.807) is 25.1 Å². The smallest absolute Gasteiger partial charge is 0.328 e. The zero-order chi connectivity index (χ0) is 14.7. The van der Waals surface area contributed by atoms with Gasteiger partial charge in [0.15, 0.2) is 0 Å². The minimum atomic E-state index is -0.514. The molecule has 1 unspecified atom stereocenters. The first-order valence-electron chi connectivity index (χ1n) is 6.67. The number of esters is 1. The highest BCUT2D eigenvalue weighted by atomic mass is 16.5. The summed E-state index contributed by atoms with van der Waals surface area (Å²) < 4.78 is 5.01. The van der Waals surface area contributed by atoms with Crippen LogP contribution in [-0.2, 0) is 9.53 Å². The van der Waals surface area contributed by atoms with Gasteiger partial charge in [0.1, 0.15) is 6.04 Å². The van der Waals surface area contributed by atoms with Crippen LogP contribution >= 0.6 is 0 Å². The third kappa shape index (κ3) is 2.68. The van der Waals surface area contributed by atoms with Gasteiger partial charge in [0, 0.05) is 17.9 Å². The van der Waals surface area contributed by atoms with Crippen molar-refractivity contribution < 1.29 is 14.3 Å². The number of nitrogens with two attached hydrogens (primary N) is 2. The fraction of sp³-hybridized carbons (Fsp3) is 0.429. The van der Waals surface area contributed by atoms with Gasteiger partial charge >= 0.3 is 5.97 Å². The minimum absolute atomic E-state index is 0.252. The third-order valence-electron chi connectivity index (χ3n) is 3.38. The molecule has 1 aromatic carbocycles. The lowest BCUT2D eigenvalue weighted by atomic mass is 10.1. The molecule has 1 saturated heterocycles. The fourth-order valence-corrected chi connectivity index (χ4v) is 2.42. The van der Waals surface area contributed by atoms with Crippen molar-refractivity contribution in [2.75, 3.05) is 24.6 Å². The summed E-state index contributed by atoms with van der Waals surface area (Å²) in [6.07, 6.45) is 1.41. The Balaban J connectivity index is 2.21. The van der Waals surface area contributed by atoms with Crippen molar-refractivity contribution >= 4 is 23.3 Å². The first-order valence-corrected chi connectivity index (χ1v) is 6.67. The zero-order valence-electron chi connectivity index (χ0n) is 11.5. The number of ether oxygens (including phenoxy) is 1. The summed E-state index contributed by atoms with van der Waals surface area (Å²) in [7, 11) is 0. The summed E-state index contributed by atoms with van der Waals surface area (Å²) in [6, 6.07) is 4.24. The number of anilines is 2. The van der Waals surface area contributed by atoms with Crippen molar-refractivity contribution in [1.29, 1.82) is 0 Å². The third-order valence-corrected chi connectivity index (χ3v) is 3.38. The fourth-order valence-electron chi connectivity index (χ4n) is 2.42. The van der Waals surface area contributed by atoms with Crippen LogP contribution in [0.1, 0.15) is 30.1 Å². The molecule has 1 aliphatic heterocycles. The van der Waals surface area contributed by atoms with Crippen LogP contribution in [0.15, 0.2) is 18.2 Å². The van der Waals surface area contributed by atoms with Crippen LogP contribution in [0.25, 0.3) is 0 Å². The second-order valence-electron chi connectivity index (χ2n) is 4.76. The summed E-state index contributed by atoms with van der Waals surface area (Å²) in [5.74, 6) is -0.606. The molecule has 0 spiro atoms. The summed E-state index contributed by atoms with van der Waals surface area (Å²) in [5.41, 5.74) is 12.6. The van der Waals surface area contributed by atoms with E-state index < -0.39 is 6.04 Å². The van der Waals surface area contributed by atoms with E-state index in [9.17, 15) is 9.59 Å². The van der Waals surface area contributed by atoms with E-state index in [1.165, 1.54) is 4.90 Å². The van der Waals surface area contributed by atoms with Crippen LogP contribution in [0.5, 0.6) is 0 Å². The lowest BCUT2D eigenvalue weighted by Gasteiger charge is -2.23. The van der Waals surface area contributed by atoms with Crippen LogP contribution in [0.3, 0.4) is 0 Å². The van der Waals surface area contributed by atoms with Gasteiger partial charge in [-0.2, -0.15) is 0 Å². The Morgan fingerprint density at radius 3 is 2.80 bits per heavy atom. The highest BCUT2D eigenvalue weighted by Crippen LogP contribution is 2.24. The lowest BCUT2D eigenvalue weighted by Crippen LogP contribution is -2.41. The molecule has 2 rings (SSSR count). The lowest BCUT2D eigenvalue weighted by molar-refractivity contribution is -0.147. The molecule has 0 saturated carbocycles. The molecule has 1 fully saturated rings. The van der Waals surface area contributed by atoms with Crippen LogP contribution in [-0.4, -0.2) is 36.0 Å². The largest absolute Gasteiger partial charge is 0.464 e. The van der Waals surface area contributed by atoms with Crippen molar-refractivity contribution in [3.8, 4) is 0 Å². The van der Waals surface area contributed by atoms with E-state index in [2.05, 4.69) is 0 Å². The van der Waals surface area contributed by atoms with Gasteiger partial charge in [0.2, 0.25) is 0 Å². The first kappa shape index (κ1) is 14.2. The molecule has 1 aromatic rings. The number of nitrogen functional groups attached to an aromatic ring is 2. The second-order valence-corrected chi connectivity index (χ2v) is 4.76. The molecule has 6 heteroatoms. The average molecular weight is 277 g/mol.